The first-order valence-electron chi connectivity index (χ1n) is 12.8. The van der Waals surface area contributed by atoms with Crippen LogP contribution in [0, 0.1) is 13.8 Å². The molecule has 224 valence electrons. The molecule has 7 N–H and O–H groups in total. The van der Waals surface area contributed by atoms with Gasteiger partial charge in [-0.05, 0) is 31.4 Å². The van der Waals surface area contributed by atoms with E-state index in [1.807, 2.05) is 0 Å². The van der Waals surface area contributed by atoms with Gasteiger partial charge in [-0.1, -0.05) is 0 Å². The maximum absolute atomic E-state index is 12.7. The molecule has 5 rings (SSSR count). The Morgan fingerprint density at radius 2 is 1.76 bits per heavy atom. The number of phenolic OH excluding ortho intramolecular Hbond substituents is 1. The molecule has 0 spiro atoms. The van der Waals surface area contributed by atoms with Crippen molar-refractivity contribution in [3.05, 3.63) is 39.7 Å². The Morgan fingerprint density at radius 3 is 2.41 bits per heavy atom. The van der Waals surface area contributed by atoms with Gasteiger partial charge in [0.2, 0.25) is 6.29 Å². The predicted octanol–water partition coefficient (Wildman–Crippen LogP) is -1.08. The second kappa shape index (κ2) is 11.0. The Kier molecular flexibility index (Phi) is 7.88. The van der Waals surface area contributed by atoms with Crippen LogP contribution in [0.2, 0.25) is 0 Å². The first-order valence-corrected chi connectivity index (χ1v) is 12.8. The highest BCUT2D eigenvalue weighted by atomic mass is 16.7. The van der Waals surface area contributed by atoms with E-state index in [9.17, 15) is 40.5 Å². The summed E-state index contributed by atoms with van der Waals surface area (Å²) in [6.45, 7) is 1.53. The number of hydrogen-bond acceptors (Lipinski definition) is 14. The summed E-state index contributed by atoms with van der Waals surface area (Å²) < 4.78 is 33.5. The van der Waals surface area contributed by atoms with Crippen LogP contribution in [0.15, 0.2) is 27.4 Å². The second-order valence-corrected chi connectivity index (χ2v) is 10.3. The summed E-state index contributed by atoms with van der Waals surface area (Å²) in [5.41, 5.74) is -1.94. The van der Waals surface area contributed by atoms with Gasteiger partial charge in [-0.25, -0.2) is 0 Å². The molecule has 3 heterocycles. The highest BCUT2D eigenvalue weighted by Crippen LogP contribution is 2.45. The Hall–Kier alpha value is -3.05. The van der Waals surface area contributed by atoms with E-state index in [4.69, 9.17) is 28.1 Å². The number of aliphatic hydroxyl groups is 6. The van der Waals surface area contributed by atoms with Crippen molar-refractivity contribution in [2.24, 2.45) is 0 Å². The van der Waals surface area contributed by atoms with E-state index in [1.165, 1.54) is 19.2 Å². The SMILES string of the molecule is COc1cc2cc3oc(C)cc(=O)c3c(O)c2c(OC2OC(COC3OCC(O)(CO)C3O)C(O)C(O)C2O)c1C. The van der Waals surface area contributed by atoms with Crippen LogP contribution in [0.5, 0.6) is 17.2 Å². The summed E-state index contributed by atoms with van der Waals surface area (Å²) in [5, 5.41) is 73.1. The Bertz CT molecular complexity index is 1500. The predicted molar refractivity (Wildman–Crippen MR) is 139 cm³/mol. The normalized spacial score (nSPS) is 32.1. The van der Waals surface area contributed by atoms with Crippen LogP contribution in [-0.2, 0) is 14.2 Å². The zero-order chi connectivity index (χ0) is 29.8. The van der Waals surface area contributed by atoms with E-state index >= 15 is 0 Å². The molecule has 0 bridgehead atoms. The number of aliphatic hydroxyl groups excluding tert-OH is 5. The van der Waals surface area contributed by atoms with Crippen molar-refractivity contribution in [2.45, 2.75) is 62.5 Å². The van der Waals surface area contributed by atoms with Gasteiger partial charge in [-0.2, -0.15) is 0 Å². The van der Waals surface area contributed by atoms with Gasteiger partial charge in [-0.3, -0.25) is 4.79 Å². The second-order valence-electron chi connectivity index (χ2n) is 10.3. The number of aromatic hydroxyl groups is 1. The van der Waals surface area contributed by atoms with Crippen molar-refractivity contribution in [3.63, 3.8) is 0 Å². The monoisotopic (exact) mass is 580 g/mol. The minimum atomic E-state index is -1.94. The zero-order valence-electron chi connectivity index (χ0n) is 22.4. The molecule has 41 heavy (non-hydrogen) atoms. The van der Waals surface area contributed by atoms with Gasteiger partial charge >= 0.3 is 0 Å². The van der Waals surface area contributed by atoms with Gasteiger partial charge in [0.05, 0.1) is 32.3 Å². The van der Waals surface area contributed by atoms with Crippen molar-refractivity contribution < 1.29 is 63.8 Å². The first kappa shape index (κ1) is 29.4. The quantitative estimate of drug-likeness (QED) is 0.165. The topological polar surface area (TPSA) is 218 Å². The Balaban J connectivity index is 1.49. The van der Waals surface area contributed by atoms with Crippen molar-refractivity contribution >= 4 is 21.7 Å². The first-order chi connectivity index (χ1) is 19.4. The maximum atomic E-state index is 12.7. The Morgan fingerprint density at radius 1 is 1.02 bits per heavy atom. The van der Waals surface area contributed by atoms with Crippen molar-refractivity contribution in [1.82, 2.24) is 0 Å². The summed E-state index contributed by atoms with van der Waals surface area (Å²) in [6, 6.07) is 4.36. The Labute approximate surface area is 232 Å². The van der Waals surface area contributed by atoms with Crippen LogP contribution in [0.4, 0.5) is 0 Å². The van der Waals surface area contributed by atoms with Gasteiger partial charge in [0.1, 0.15) is 70.1 Å². The average molecular weight is 581 g/mol. The number of fused-ring (bicyclic) bond motifs is 2. The summed E-state index contributed by atoms with van der Waals surface area (Å²) in [6.07, 6.45) is -11.1. The molecule has 2 aliphatic heterocycles. The van der Waals surface area contributed by atoms with E-state index < -0.39 is 79.7 Å². The minimum Gasteiger partial charge on any atom is -0.506 e. The van der Waals surface area contributed by atoms with Gasteiger partial charge in [-0.15, -0.1) is 0 Å². The van der Waals surface area contributed by atoms with Crippen LogP contribution in [-0.4, -0.2) is 111 Å². The molecule has 8 atom stereocenters. The lowest BCUT2D eigenvalue weighted by Crippen LogP contribution is -2.60. The summed E-state index contributed by atoms with van der Waals surface area (Å²) >= 11 is 0. The third-order valence-electron chi connectivity index (χ3n) is 7.50. The molecular formula is C27H32O14. The fourth-order valence-electron chi connectivity index (χ4n) is 5.10. The molecule has 0 amide bonds. The van der Waals surface area contributed by atoms with E-state index in [0.717, 1.165) is 0 Å². The highest BCUT2D eigenvalue weighted by Gasteiger charge is 2.50. The number of phenols is 1. The van der Waals surface area contributed by atoms with Crippen LogP contribution >= 0.6 is 0 Å². The third kappa shape index (κ3) is 5.01. The number of ether oxygens (including phenoxy) is 5. The lowest BCUT2D eigenvalue weighted by atomic mass is 9.98. The lowest BCUT2D eigenvalue weighted by molar-refractivity contribution is -0.289. The number of hydrogen-bond donors (Lipinski definition) is 7. The number of methoxy groups -OCH3 is 1. The van der Waals surface area contributed by atoms with Crippen molar-refractivity contribution in [3.8, 4) is 17.2 Å². The minimum absolute atomic E-state index is 0.0337. The molecule has 3 aromatic rings. The number of benzene rings is 2. The third-order valence-corrected chi connectivity index (χ3v) is 7.50. The average Bonchev–Trinajstić information content (AvgIpc) is 3.22. The maximum Gasteiger partial charge on any atom is 0.229 e. The van der Waals surface area contributed by atoms with Crippen LogP contribution in [0.1, 0.15) is 11.3 Å². The van der Waals surface area contributed by atoms with E-state index in [0.29, 0.717) is 22.5 Å². The highest BCUT2D eigenvalue weighted by molar-refractivity contribution is 6.07. The molecule has 1 aromatic heterocycles. The molecule has 8 unspecified atom stereocenters. The fraction of sp³-hybridized carbons (Fsp3) is 0.519. The largest absolute Gasteiger partial charge is 0.506 e. The van der Waals surface area contributed by atoms with E-state index in [1.54, 1.807) is 19.9 Å². The van der Waals surface area contributed by atoms with Crippen LogP contribution in [0.25, 0.3) is 21.7 Å². The molecule has 2 aromatic carbocycles. The molecule has 0 aliphatic carbocycles. The number of rotatable bonds is 7. The van der Waals surface area contributed by atoms with Gasteiger partial charge < -0.3 is 63.8 Å². The van der Waals surface area contributed by atoms with E-state index in [-0.39, 0.29) is 22.1 Å². The van der Waals surface area contributed by atoms with E-state index in [2.05, 4.69) is 0 Å². The summed E-state index contributed by atoms with van der Waals surface area (Å²) in [7, 11) is 1.42. The zero-order valence-corrected chi connectivity index (χ0v) is 22.4. The molecule has 14 nitrogen and oxygen atoms in total. The van der Waals surface area contributed by atoms with Crippen molar-refractivity contribution in [1.29, 1.82) is 0 Å². The van der Waals surface area contributed by atoms with Crippen LogP contribution < -0.4 is 14.9 Å². The smallest absolute Gasteiger partial charge is 0.229 e. The van der Waals surface area contributed by atoms with Gasteiger partial charge in [0.25, 0.3) is 0 Å². The molecule has 0 radical (unpaired) electrons. The molecule has 0 saturated carbocycles. The molecule has 2 aliphatic rings. The van der Waals surface area contributed by atoms with Gasteiger partial charge in [0, 0.05) is 11.6 Å². The van der Waals surface area contributed by atoms with Crippen molar-refractivity contribution in [2.75, 3.05) is 26.9 Å². The molecular weight excluding hydrogens is 548 g/mol. The standard InChI is InChI=1S/C27H32O14/c1-10-4-13(29)18-15(39-10)6-12-5-14(36-3)11(2)23(17(12)20(18)31)41-25-22(33)21(32)19(30)16(40-25)7-37-26-24(34)27(35,8-28)9-38-26/h4-6,16,19,21-22,24-26,28,30-35H,7-9H2,1-3H3. The molecule has 2 saturated heterocycles. The fourth-order valence-corrected chi connectivity index (χ4v) is 5.10. The summed E-state index contributed by atoms with van der Waals surface area (Å²) in [4.78, 5) is 12.7. The van der Waals surface area contributed by atoms with Gasteiger partial charge in [0.15, 0.2) is 11.7 Å². The molecule has 2 fully saturated rings. The lowest BCUT2D eigenvalue weighted by Gasteiger charge is -2.40. The molecule has 14 heteroatoms. The summed E-state index contributed by atoms with van der Waals surface area (Å²) in [5.74, 6) is 0.193. The number of aryl methyl sites for hydroxylation is 1. The van der Waals surface area contributed by atoms with Crippen LogP contribution in [0.3, 0.4) is 0 Å².